The number of fused-ring (bicyclic) bond motifs is 3. The minimum Gasteiger partial charge on any atom is -0.475 e. The van der Waals surface area contributed by atoms with E-state index in [1.165, 1.54) is 9.47 Å². The Bertz CT molecular complexity index is 1410. The van der Waals surface area contributed by atoms with Gasteiger partial charge in [0.1, 0.15) is 5.69 Å². The molecule has 0 aliphatic rings. The fraction of sp³-hybridized carbons (Fsp3) is 0.250. The average Bonchev–Trinajstić information content (AvgIpc) is 3.35. The molecule has 190 valence electrons. The Kier molecular flexibility index (Phi) is 7.66. The number of nitrogens with one attached hydrogen (secondary N) is 1. The number of para-hydroxylation sites is 1. The number of carbonyl (C=O) groups is 3. The molecule has 0 atom stereocenters. The summed E-state index contributed by atoms with van der Waals surface area (Å²) in [5, 5.41) is 11.0. The van der Waals surface area contributed by atoms with E-state index in [-0.39, 0.29) is 11.9 Å². The molecule has 0 spiro atoms. The van der Waals surface area contributed by atoms with E-state index in [9.17, 15) is 22.8 Å². The van der Waals surface area contributed by atoms with E-state index < -0.39 is 12.1 Å². The summed E-state index contributed by atoms with van der Waals surface area (Å²) in [6, 6.07) is 15.1. The minimum absolute atomic E-state index is 0.258. The smallest absolute Gasteiger partial charge is 0.475 e. The standard InChI is InChI=1S/C22H23N5O2.C2HF3O2/c1-25(2)22(29)27-19(21(28)24-13-11-15-8-6-7-12-23-15)14-18-20(27)16-9-4-5-10-17(16)26(18)3;3-2(4,5)1(6)7/h4-10,12,14H,11,13H2,1-3H3,(H,24,28);(H,6,7). The van der Waals surface area contributed by atoms with Gasteiger partial charge in [-0.15, -0.1) is 0 Å². The second kappa shape index (κ2) is 10.5. The van der Waals surface area contributed by atoms with Crippen molar-refractivity contribution in [3.8, 4) is 0 Å². The van der Waals surface area contributed by atoms with Crippen LogP contribution in [-0.2, 0) is 18.3 Å². The molecule has 0 unspecified atom stereocenters. The second-order valence-electron chi connectivity index (χ2n) is 7.98. The van der Waals surface area contributed by atoms with Gasteiger partial charge in [0.25, 0.3) is 5.91 Å². The molecule has 0 saturated heterocycles. The van der Waals surface area contributed by atoms with Gasteiger partial charge in [0.05, 0.1) is 16.6 Å². The highest BCUT2D eigenvalue weighted by molar-refractivity contribution is 6.14. The predicted molar refractivity (Wildman–Crippen MR) is 127 cm³/mol. The first-order valence-corrected chi connectivity index (χ1v) is 10.7. The van der Waals surface area contributed by atoms with Gasteiger partial charge in [-0.25, -0.2) is 9.59 Å². The van der Waals surface area contributed by atoms with Crippen LogP contribution in [0, 0.1) is 0 Å². The second-order valence-corrected chi connectivity index (χ2v) is 7.98. The highest BCUT2D eigenvalue weighted by atomic mass is 19.4. The lowest BCUT2D eigenvalue weighted by atomic mass is 10.2. The number of alkyl halides is 3. The van der Waals surface area contributed by atoms with Crippen molar-refractivity contribution < 1.29 is 32.7 Å². The number of nitrogens with zero attached hydrogens (tertiary/aromatic N) is 4. The number of amides is 2. The van der Waals surface area contributed by atoms with Gasteiger partial charge < -0.3 is 19.9 Å². The highest BCUT2D eigenvalue weighted by Gasteiger charge is 2.38. The summed E-state index contributed by atoms with van der Waals surface area (Å²) >= 11 is 0. The lowest BCUT2D eigenvalue weighted by Gasteiger charge is -2.15. The first kappa shape index (κ1) is 26.3. The topological polar surface area (TPSA) is 109 Å². The van der Waals surface area contributed by atoms with E-state index in [1.807, 2.05) is 54.1 Å². The summed E-state index contributed by atoms with van der Waals surface area (Å²) in [5.74, 6) is -3.04. The van der Waals surface area contributed by atoms with Crippen LogP contribution in [0.1, 0.15) is 16.2 Å². The van der Waals surface area contributed by atoms with E-state index in [1.54, 1.807) is 26.4 Å². The van der Waals surface area contributed by atoms with Gasteiger partial charge in [-0.1, -0.05) is 24.3 Å². The Balaban J connectivity index is 0.000000454. The molecule has 4 rings (SSSR count). The number of hydrogen-bond donors (Lipinski definition) is 2. The molecule has 12 heteroatoms. The first-order valence-electron chi connectivity index (χ1n) is 10.7. The van der Waals surface area contributed by atoms with Crippen LogP contribution < -0.4 is 5.32 Å². The zero-order chi connectivity index (χ0) is 26.6. The molecule has 0 bridgehead atoms. The van der Waals surface area contributed by atoms with Crippen molar-refractivity contribution in [1.82, 2.24) is 24.3 Å². The third-order valence-electron chi connectivity index (χ3n) is 5.30. The largest absolute Gasteiger partial charge is 0.490 e. The fourth-order valence-electron chi connectivity index (χ4n) is 3.61. The minimum atomic E-state index is -5.08. The Morgan fingerprint density at radius 2 is 1.69 bits per heavy atom. The number of pyridine rings is 1. The number of rotatable bonds is 4. The normalized spacial score (nSPS) is 11.2. The molecule has 0 aliphatic heterocycles. The van der Waals surface area contributed by atoms with Crippen molar-refractivity contribution in [2.75, 3.05) is 20.6 Å². The van der Waals surface area contributed by atoms with E-state index in [0.29, 0.717) is 18.7 Å². The van der Waals surface area contributed by atoms with Crippen molar-refractivity contribution in [2.24, 2.45) is 7.05 Å². The van der Waals surface area contributed by atoms with Gasteiger partial charge in [0, 0.05) is 51.4 Å². The molecule has 2 amide bonds. The summed E-state index contributed by atoms with van der Waals surface area (Å²) in [5.41, 5.74) is 3.84. The molecular formula is C24H24F3N5O4. The SMILES string of the molecule is CN(C)C(=O)n1c(C(=O)NCCc2ccccn2)cc2c1c1ccccc1n2C.O=C(O)C(F)(F)F. The third kappa shape index (κ3) is 5.48. The molecule has 0 aliphatic carbocycles. The molecule has 2 N–H and O–H groups in total. The summed E-state index contributed by atoms with van der Waals surface area (Å²) in [6.07, 6.45) is -2.73. The van der Waals surface area contributed by atoms with Crippen molar-refractivity contribution in [3.05, 3.63) is 66.1 Å². The average molecular weight is 503 g/mol. The van der Waals surface area contributed by atoms with Crippen LogP contribution in [0.2, 0.25) is 0 Å². The van der Waals surface area contributed by atoms with Crippen LogP contribution in [0.3, 0.4) is 0 Å². The zero-order valence-electron chi connectivity index (χ0n) is 19.7. The Morgan fingerprint density at radius 1 is 1.06 bits per heavy atom. The Hall–Kier alpha value is -4.35. The van der Waals surface area contributed by atoms with E-state index in [0.717, 1.165) is 27.6 Å². The summed E-state index contributed by atoms with van der Waals surface area (Å²) in [7, 11) is 5.31. The molecular weight excluding hydrogens is 479 g/mol. The lowest BCUT2D eigenvalue weighted by Crippen LogP contribution is -2.33. The molecule has 9 nitrogen and oxygen atoms in total. The summed E-state index contributed by atoms with van der Waals surface area (Å²) < 4.78 is 35.3. The molecule has 36 heavy (non-hydrogen) atoms. The molecule has 3 aromatic heterocycles. The molecule has 3 heterocycles. The van der Waals surface area contributed by atoms with Crippen molar-refractivity contribution in [3.63, 3.8) is 0 Å². The van der Waals surface area contributed by atoms with E-state index in [4.69, 9.17) is 9.90 Å². The van der Waals surface area contributed by atoms with Crippen LogP contribution in [0.25, 0.3) is 21.9 Å². The van der Waals surface area contributed by atoms with Crippen molar-refractivity contribution in [2.45, 2.75) is 12.6 Å². The number of halogens is 3. The van der Waals surface area contributed by atoms with Crippen LogP contribution in [0.4, 0.5) is 18.0 Å². The predicted octanol–water partition coefficient (Wildman–Crippen LogP) is 3.66. The van der Waals surface area contributed by atoms with Gasteiger partial charge >= 0.3 is 18.2 Å². The van der Waals surface area contributed by atoms with Gasteiger partial charge in [-0.2, -0.15) is 13.2 Å². The number of benzene rings is 1. The van der Waals surface area contributed by atoms with Crippen LogP contribution >= 0.6 is 0 Å². The molecule has 1 aromatic carbocycles. The van der Waals surface area contributed by atoms with Gasteiger partial charge in [0.15, 0.2) is 0 Å². The number of carboxylic acid groups (broad SMARTS) is 1. The van der Waals surface area contributed by atoms with Crippen LogP contribution in [0.15, 0.2) is 54.7 Å². The van der Waals surface area contributed by atoms with Crippen molar-refractivity contribution in [1.29, 1.82) is 0 Å². The van der Waals surface area contributed by atoms with Crippen LogP contribution in [-0.4, -0.2) is 68.8 Å². The van der Waals surface area contributed by atoms with E-state index >= 15 is 0 Å². The highest BCUT2D eigenvalue weighted by Crippen LogP contribution is 2.31. The van der Waals surface area contributed by atoms with E-state index in [2.05, 4.69) is 10.3 Å². The molecule has 4 aromatic rings. The summed E-state index contributed by atoms with van der Waals surface area (Å²) in [6.45, 7) is 0.439. The third-order valence-corrected chi connectivity index (χ3v) is 5.30. The van der Waals surface area contributed by atoms with Gasteiger partial charge in [0.2, 0.25) is 0 Å². The monoisotopic (exact) mass is 503 g/mol. The zero-order valence-corrected chi connectivity index (χ0v) is 19.7. The first-order chi connectivity index (χ1) is 16.9. The molecule has 0 fully saturated rings. The quantitative estimate of drug-likeness (QED) is 0.442. The number of hydrogen-bond acceptors (Lipinski definition) is 4. The fourth-order valence-corrected chi connectivity index (χ4v) is 3.61. The number of aromatic nitrogens is 3. The Labute approximate surface area is 203 Å². The number of aliphatic carboxylic acids is 1. The number of aryl methyl sites for hydroxylation is 1. The Morgan fingerprint density at radius 3 is 2.28 bits per heavy atom. The maximum atomic E-state index is 13.0. The lowest BCUT2D eigenvalue weighted by molar-refractivity contribution is -0.192. The van der Waals surface area contributed by atoms with Gasteiger partial charge in [-0.3, -0.25) is 14.3 Å². The number of carbonyl (C=O) groups excluding carboxylic acids is 2. The maximum Gasteiger partial charge on any atom is 0.490 e. The molecule has 0 radical (unpaired) electrons. The maximum absolute atomic E-state index is 13.0. The molecule has 0 saturated carbocycles. The van der Waals surface area contributed by atoms with Crippen molar-refractivity contribution >= 4 is 39.8 Å². The number of carboxylic acids is 1. The van der Waals surface area contributed by atoms with Gasteiger partial charge in [-0.05, 0) is 24.3 Å². The van der Waals surface area contributed by atoms with Crippen LogP contribution in [0.5, 0.6) is 0 Å². The summed E-state index contributed by atoms with van der Waals surface area (Å²) in [4.78, 5) is 40.6.